The van der Waals surface area contributed by atoms with Crippen LogP contribution in [0.1, 0.15) is 45.4 Å². The summed E-state index contributed by atoms with van der Waals surface area (Å²) in [6.45, 7) is 1.88. The minimum absolute atomic E-state index is 0.0482. The Morgan fingerprint density at radius 2 is 1.44 bits per heavy atom. The molecule has 0 saturated heterocycles. The van der Waals surface area contributed by atoms with Gasteiger partial charge in [-0.25, -0.2) is 17.9 Å². The number of para-hydroxylation sites is 1. The molecule has 0 saturated carbocycles. The van der Waals surface area contributed by atoms with Crippen LogP contribution in [0.25, 0.3) is 11.0 Å². The van der Waals surface area contributed by atoms with Crippen molar-refractivity contribution in [1.82, 2.24) is 4.72 Å². The Morgan fingerprint density at radius 1 is 0.821 bits per heavy atom. The number of nitrogens with one attached hydrogen (secondary N) is 1. The van der Waals surface area contributed by atoms with Gasteiger partial charge in [0.15, 0.2) is 5.78 Å². The van der Waals surface area contributed by atoms with Crippen molar-refractivity contribution in [2.24, 2.45) is 0 Å². The van der Waals surface area contributed by atoms with Gasteiger partial charge in [-0.15, -0.1) is 0 Å². The summed E-state index contributed by atoms with van der Waals surface area (Å²) >= 11 is 0. The van der Waals surface area contributed by atoms with Crippen LogP contribution in [-0.4, -0.2) is 14.2 Å². The van der Waals surface area contributed by atoms with Gasteiger partial charge in [-0.1, -0.05) is 96.6 Å². The zero-order valence-electron chi connectivity index (χ0n) is 21.3. The normalized spacial score (nSPS) is 13.2. The van der Waals surface area contributed by atoms with Crippen LogP contribution in [0.5, 0.6) is 0 Å². The van der Waals surface area contributed by atoms with E-state index < -0.39 is 27.6 Å². The summed E-state index contributed by atoms with van der Waals surface area (Å²) in [5.74, 6) is -0.900. The number of carbonyl (C=O) groups excluding carboxylic acids is 1. The Kier molecular flexibility index (Phi) is 7.54. The monoisotopic (exact) mass is 537 g/mol. The fourth-order valence-electron chi connectivity index (χ4n) is 4.79. The van der Waals surface area contributed by atoms with E-state index in [9.17, 15) is 18.0 Å². The van der Waals surface area contributed by atoms with E-state index >= 15 is 0 Å². The highest BCUT2D eigenvalue weighted by atomic mass is 32.2. The maximum Gasteiger partial charge on any atom is 0.336 e. The van der Waals surface area contributed by atoms with E-state index in [0.717, 1.165) is 5.56 Å². The maximum absolute atomic E-state index is 13.7. The Morgan fingerprint density at radius 3 is 2.13 bits per heavy atom. The molecule has 1 N–H and O–H groups in total. The average molecular weight is 538 g/mol. The third-order valence-corrected chi connectivity index (χ3v) is 8.21. The summed E-state index contributed by atoms with van der Waals surface area (Å²) in [5, 5.41) is 0.637. The molecule has 0 radical (unpaired) electrons. The van der Waals surface area contributed by atoms with Gasteiger partial charge >= 0.3 is 5.63 Å². The second kappa shape index (κ2) is 11.2. The second-order valence-electron chi connectivity index (χ2n) is 9.44. The first-order valence-corrected chi connectivity index (χ1v) is 14.0. The average Bonchev–Trinajstić information content (AvgIpc) is 2.95. The molecule has 1 aromatic heterocycles. The van der Waals surface area contributed by atoms with Gasteiger partial charge in [0.25, 0.3) is 0 Å². The van der Waals surface area contributed by atoms with Gasteiger partial charge in [0.05, 0.1) is 10.9 Å². The Labute approximate surface area is 227 Å². The van der Waals surface area contributed by atoms with Gasteiger partial charge in [0, 0.05) is 29.4 Å². The molecule has 0 spiro atoms. The van der Waals surface area contributed by atoms with E-state index in [0.29, 0.717) is 27.7 Å². The molecule has 5 rings (SSSR count). The number of benzene rings is 4. The van der Waals surface area contributed by atoms with Crippen LogP contribution in [0.3, 0.4) is 0 Å². The van der Waals surface area contributed by atoms with Gasteiger partial charge < -0.3 is 4.42 Å². The van der Waals surface area contributed by atoms with Crippen molar-refractivity contribution in [2.45, 2.75) is 30.2 Å². The molecule has 5 aromatic rings. The van der Waals surface area contributed by atoms with Gasteiger partial charge in [-0.05, 0) is 36.2 Å². The molecule has 4 aromatic carbocycles. The minimum atomic E-state index is -4.00. The van der Waals surface area contributed by atoms with Crippen molar-refractivity contribution in [3.8, 4) is 0 Å². The molecule has 0 aliphatic rings. The third-order valence-electron chi connectivity index (χ3n) is 6.76. The smallest absolute Gasteiger partial charge is 0.336 e. The van der Waals surface area contributed by atoms with E-state index in [-0.39, 0.29) is 17.1 Å². The summed E-state index contributed by atoms with van der Waals surface area (Å²) in [7, 11) is -4.00. The van der Waals surface area contributed by atoms with Crippen molar-refractivity contribution in [3.63, 3.8) is 0 Å². The number of aryl methyl sites for hydroxylation is 1. The predicted octanol–water partition coefficient (Wildman–Crippen LogP) is 6.18. The SMILES string of the molecule is Cc1ccc(S(=O)(=O)N[C@H](c2ccccc2)[C@@H](CC(=O)c2ccccc2)c2cc(=O)oc3ccccc23)cc1. The zero-order valence-corrected chi connectivity index (χ0v) is 22.1. The Hall–Kier alpha value is -4.33. The molecule has 0 aliphatic carbocycles. The summed E-state index contributed by atoms with van der Waals surface area (Å²) in [6.07, 6.45) is -0.0482. The largest absolute Gasteiger partial charge is 0.423 e. The number of Topliss-reactive ketones (excluding diaryl/α,β-unsaturated/α-hetero) is 1. The summed E-state index contributed by atoms with van der Waals surface area (Å²) in [4.78, 5) is 26.4. The van der Waals surface area contributed by atoms with Gasteiger partial charge in [-0.2, -0.15) is 0 Å². The maximum atomic E-state index is 13.7. The number of rotatable bonds is 9. The highest BCUT2D eigenvalue weighted by molar-refractivity contribution is 7.89. The zero-order chi connectivity index (χ0) is 27.4. The van der Waals surface area contributed by atoms with E-state index in [1.165, 1.54) is 6.07 Å². The minimum Gasteiger partial charge on any atom is -0.423 e. The first kappa shape index (κ1) is 26.3. The number of hydrogen-bond acceptors (Lipinski definition) is 5. The van der Waals surface area contributed by atoms with Crippen molar-refractivity contribution in [2.75, 3.05) is 0 Å². The molecule has 2 atom stereocenters. The van der Waals surface area contributed by atoms with Crippen LogP contribution in [0.2, 0.25) is 0 Å². The van der Waals surface area contributed by atoms with Crippen LogP contribution in [0.15, 0.2) is 129 Å². The molecule has 0 aliphatic heterocycles. The van der Waals surface area contributed by atoms with Crippen molar-refractivity contribution < 1.29 is 17.6 Å². The van der Waals surface area contributed by atoms with E-state index in [1.54, 1.807) is 60.7 Å². The number of sulfonamides is 1. The molecule has 0 fully saturated rings. The lowest BCUT2D eigenvalue weighted by molar-refractivity contribution is 0.0968. The fourth-order valence-corrected chi connectivity index (χ4v) is 6.05. The summed E-state index contributed by atoms with van der Waals surface area (Å²) in [6, 6.07) is 32.1. The lowest BCUT2D eigenvalue weighted by Crippen LogP contribution is -2.34. The lowest BCUT2D eigenvalue weighted by Gasteiger charge is -2.29. The molecule has 0 amide bonds. The lowest BCUT2D eigenvalue weighted by atomic mass is 9.82. The van der Waals surface area contributed by atoms with Crippen molar-refractivity contribution in [3.05, 3.63) is 148 Å². The highest BCUT2D eigenvalue weighted by Gasteiger charge is 2.33. The Bertz CT molecular complexity index is 1760. The van der Waals surface area contributed by atoms with Crippen molar-refractivity contribution in [1.29, 1.82) is 0 Å². The molecule has 7 heteroatoms. The molecule has 1 heterocycles. The van der Waals surface area contributed by atoms with Gasteiger partial charge in [0.2, 0.25) is 10.0 Å². The van der Waals surface area contributed by atoms with Crippen LogP contribution in [-0.2, 0) is 10.0 Å². The number of fused-ring (bicyclic) bond motifs is 1. The molecule has 196 valence electrons. The second-order valence-corrected chi connectivity index (χ2v) is 11.2. The number of ketones is 1. The molecular formula is C32H27NO5S. The number of hydrogen-bond donors (Lipinski definition) is 1. The topological polar surface area (TPSA) is 93.5 Å². The molecule has 6 nitrogen and oxygen atoms in total. The fraction of sp³-hybridized carbons (Fsp3) is 0.125. The predicted molar refractivity (Wildman–Crippen MR) is 151 cm³/mol. The molecule has 0 unspecified atom stereocenters. The van der Waals surface area contributed by atoms with Crippen molar-refractivity contribution >= 4 is 26.8 Å². The first-order valence-electron chi connectivity index (χ1n) is 12.6. The summed E-state index contributed by atoms with van der Waals surface area (Å²) in [5.41, 5.74) is 2.42. The molecule has 0 bridgehead atoms. The Balaban J connectivity index is 1.69. The summed E-state index contributed by atoms with van der Waals surface area (Å²) < 4.78 is 35.6. The molecule has 39 heavy (non-hydrogen) atoms. The first-order chi connectivity index (χ1) is 18.8. The van der Waals surface area contributed by atoms with Crippen LogP contribution in [0, 0.1) is 6.92 Å². The van der Waals surface area contributed by atoms with E-state index in [2.05, 4.69) is 4.72 Å². The quantitative estimate of drug-likeness (QED) is 0.179. The molecular weight excluding hydrogens is 510 g/mol. The standard InChI is InChI=1S/C32H27NO5S/c1-22-16-18-25(19-17-22)39(36,37)33-32(24-12-6-3-7-13-24)28(20-29(34)23-10-4-2-5-11-23)27-21-31(35)38-30-15-9-8-14-26(27)30/h2-19,21,28,32-33H,20H2,1H3/t28-,32+/m0/s1. The van der Waals surface area contributed by atoms with E-state index in [4.69, 9.17) is 4.42 Å². The third kappa shape index (κ3) is 5.90. The van der Waals surface area contributed by atoms with Crippen LogP contribution >= 0.6 is 0 Å². The van der Waals surface area contributed by atoms with E-state index in [1.807, 2.05) is 55.5 Å². The van der Waals surface area contributed by atoms with Gasteiger partial charge in [-0.3, -0.25) is 4.79 Å². The number of carbonyl (C=O) groups is 1. The van der Waals surface area contributed by atoms with Crippen LogP contribution in [0.4, 0.5) is 0 Å². The highest BCUT2D eigenvalue weighted by Crippen LogP contribution is 2.39. The van der Waals surface area contributed by atoms with Crippen LogP contribution < -0.4 is 10.3 Å². The van der Waals surface area contributed by atoms with Gasteiger partial charge in [0.1, 0.15) is 5.58 Å².